The molecule has 0 heterocycles. The van der Waals surface area contributed by atoms with Gasteiger partial charge in [-0.3, -0.25) is 10.1 Å². The van der Waals surface area contributed by atoms with Gasteiger partial charge >= 0.3 is 5.69 Å². The lowest BCUT2D eigenvalue weighted by atomic mass is 9.93. The maximum atomic E-state index is 10.8. The zero-order chi connectivity index (χ0) is 14.0. The molecule has 2 atom stereocenters. The summed E-state index contributed by atoms with van der Waals surface area (Å²) in [6.07, 6.45) is -0.898. The summed E-state index contributed by atoms with van der Waals surface area (Å²) in [6, 6.07) is 1.77. The summed E-state index contributed by atoms with van der Waals surface area (Å²) in [7, 11) is 0. The average Bonchev–Trinajstić information content (AvgIpc) is 2.29. The highest BCUT2D eigenvalue weighted by atomic mass is 79.9. The maximum Gasteiger partial charge on any atom is 0.312 e. The standard InChI is InChI=1S/C11H15BrN2O4/c1-5(2)10(15)9(13)7-3-6(12)4-8(11(7)16)14(17)18/h3-5,9-10,15-16H,13H2,1-2H3/t9-,10+/m1/s1. The normalized spacial score (nSPS) is 14.6. The van der Waals surface area contributed by atoms with Gasteiger partial charge < -0.3 is 15.9 Å². The molecular formula is C11H15BrN2O4. The highest BCUT2D eigenvalue weighted by Gasteiger charge is 2.27. The number of rotatable bonds is 4. The molecule has 18 heavy (non-hydrogen) atoms. The molecule has 0 amide bonds. The van der Waals surface area contributed by atoms with Crippen LogP contribution in [0.15, 0.2) is 16.6 Å². The SMILES string of the molecule is CC(C)[C@H](O)[C@H](N)c1cc(Br)cc([N+](=O)[O-])c1O. The monoisotopic (exact) mass is 318 g/mol. The predicted octanol–water partition coefficient (Wildman–Crippen LogP) is 2.08. The Bertz CT molecular complexity index is 465. The van der Waals surface area contributed by atoms with Crippen LogP contribution in [0.5, 0.6) is 5.75 Å². The second-order valence-electron chi connectivity index (χ2n) is 4.38. The topological polar surface area (TPSA) is 110 Å². The number of nitrogens with zero attached hydrogens (tertiary/aromatic N) is 1. The number of nitro groups is 1. The van der Waals surface area contributed by atoms with E-state index in [9.17, 15) is 20.3 Å². The van der Waals surface area contributed by atoms with E-state index in [2.05, 4.69) is 15.9 Å². The third kappa shape index (κ3) is 2.98. The van der Waals surface area contributed by atoms with E-state index in [1.54, 1.807) is 13.8 Å². The Morgan fingerprint density at radius 3 is 2.44 bits per heavy atom. The number of hydrogen-bond donors (Lipinski definition) is 3. The van der Waals surface area contributed by atoms with Crippen LogP contribution in [0.25, 0.3) is 0 Å². The summed E-state index contributed by atoms with van der Waals surface area (Å²) >= 11 is 3.12. The first-order valence-electron chi connectivity index (χ1n) is 5.36. The number of hydrogen-bond acceptors (Lipinski definition) is 5. The number of nitro benzene ring substituents is 1. The molecule has 0 aliphatic carbocycles. The predicted molar refractivity (Wildman–Crippen MR) is 70.2 cm³/mol. The molecule has 4 N–H and O–H groups in total. The Balaban J connectivity index is 3.28. The van der Waals surface area contributed by atoms with Gasteiger partial charge in [0.2, 0.25) is 0 Å². The average molecular weight is 319 g/mol. The molecule has 0 aliphatic heterocycles. The van der Waals surface area contributed by atoms with E-state index in [-0.39, 0.29) is 11.5 Å². The number of aliphatic hydroxyl groups excluding tert-OH is 1. The number of aromatic hydroxyl groups is 1. The van der Waals surface area contributed by atoms with Crippen LogP contribution < -0.4 is 5.73 Å². The van der Waals surface area contributed by atoms with Gasteiger partial charge in [-0.25, -0.2) is 0 Å². The molecule has 0 saturated carbocycles. The second kappa shape index (κ2) is 5.64. The van der Waals surface area contributed by atoms with E-state index in [1.807, 2.05) is 0 Å². The number of nitrogens with two attached hydrogens (primary N) is 1. The van der Waals surface area contributed by atoms with Crippen molar-refractivity contribution in [3.05, 3.63) is 32.3 Å². The van der Waals surface area contributed by atoms with Crippen LogP contribution in [-0.2, 0) is 0 Å². The summed E-state index contributed by atoms with van der Waals surface area (Å²) in [5.41, 5.74) is 5.54. The molecule has 7 heteroatoms. The van der Waals surface area contributed by atoms with Crippen LogP contribution >= 0.6 is 15.9 Å². The van der Waals surface area contributed by atoms with Crippen LogP contribution in [0.4, 0.5) is 5.69 Å². The molecule has 1 aromatic carbocycles. The molecule has 0 saturated heterocycles. The van der Waals surface area contributed by atoms with Crippen molar-refractivity contribution in [2.45, 2.75) is 26.0 Å². The smallest absolute Gasteiger partial charge is 0.312 e. The quantitative estimate of drug-likeness (QED) is 0.581. The fourth-order valence-electron chi connectivity index (χ4n) is 1.60. The summed E-state index contributed by atoms with van der Waals surface area (Å²) < 4.78 is 0.424. The highest BCUT2D eigenvalue weighted by Crippen LogP contribution is 2.37. The minimum atomic E-state index is -0.898. The van der Waals surface area contributed by atoms with Crippen molar-refractivity contribution in [1.29, 1.82) is 0 Å². The number of benzene rings is 1. The fraction of sp³-hybridized carbons (Fsp3) is 0.455. The van der Waals surface area contributed by atoms with E-state index in [0.29, 0.717) is 4.47 Å². The lowest BCUT2D eigenvalue weighted by Gasteiger charge is -2.23. The molecule has 0 fully saturated rings. The Morgan fingerprint density at radius 2 is 2.00 bits per heavy atom. The van der Waals surface area contributed by atoms with Gasteiger partial charge in [0.05, 0.1) is 17.1 Å². The Kier molecular flexibility index (Phi) is 4.66. The van der Waals surface area contributed by atoms with Gasteiger partial charge in [-0.15, -0.1) is 0 Å². The lowest BCUT2D eigenvalue weighted by molar-refractivity contribution is -0.386. The van der Waals surface area contributed by atoms with Crippen molar-refractivity contribution in [3.63, 3.8) is 0 Å². The molecule has 6 nitrogen and oxygen atoms in total. The van der Waals surface area contributed by atoms with Crippen LogP contribution in [0, 0.1) is 16.0 Å². The van der Waals surface area contributed by atoms with Gasteiger partial charge in [-0.2, -0.15) is 0 Å². The maximum absolute atomic E-state index is 10.8. The first kappa shape index (κ1) is 14.9. The number of aliphatic hydroxyl groups is 1. The molecule has 1 aromatic rings. The summed E-state index contributed by atoms with van der Waals surface area (Å²) in [5, 5.41) is 30.5. The van der Waals surface area contributed by atoms with Crippen LogP contribution in [0.2, 0.25) is 0 Å². The molecule has 0 bridgehead atoms. The van der Waals surface area contributed by atoms with E-state index < -0.39 is 28.5 Å². The van der Waals surface area contributed by atoms with E-state index >= 15 is 0 Å². The van der Waals surface area contributed by atoms with Crippen LogP contribution in [0.3, 0.4) is 0 Å². The third-order valence-electron chi connectivity index (χ3n) is 2.69. The first-order valence-corrected chi connectivity index (χ1v) is 6.15. The molecule has 0 spiro atoms. The molecule has 0 aromatic heterocycles. The highest BCUT2D eigenvalue weighted by molar-refractivity contribution is 9.10. The zero-order valence-corrected chi connectivity index (χ0v) is 11.6. The van der Waals surface area contributed by atoms with Gasteiger partial charge in [0, 0.05) is 16.1 Å². The minimum Gasteiger partial charge on any atom is -0.502 e. The zero-order valence-electron chi connectivity index (χ0n) is 10.0. The second-order valence-corrected chi connectivity index (χ2v) is 5.30. The number of phenolic OH excluding ortho intramolecular Hbond substituents is 1. The molecule has 100 valence electrons. The Labute approximate surface area is 113 Å². The van der Waals surface area contributed by atoms with Crippen LogP contribution in [0.1, 0.15) is 25.5 Å². The molecule has 0 unspecified atom stereocenters. The van der Waals surface area contributed by atoms with Gasteiger partial charge in [0.15, 0.2) is 5.75 Å². The molecule has 0 aliphatic rings. The molecule has 1 rings (SSSR count). The van der Waals surface area contributed by atoms with Crippen molar-refractivity contribution >= 4 is 21.6 Å². The van der Waals surface area contributed by atoms with Gasteiger partial charge in [0.25, 0.3) is 0 Å². The summed E-state index contributed by atoms with van der Waals surface area (Å²) in [5.74, 6) is -0.632. The summed E-state index contributed by atoms with van der Waals surface area (Å²) in [4.78, 5) is 10.1. The molecular weight excluding hydrogens is 304 g/mol. The van der Waals surface area contributed by atoms with Crippen molar-refractivity contribution in [2.75, 3.05) is 0 Å². The number of phenols is 1. The third-order valence-corrected chi connectivity index (χ3v) is 3.15. The van der Waals surface area contributed by atoms with E-state index in [0.717, 1.165) is 0 Å². The fourth-order valence-corrected chi connectivity index (χ4v) is 2.06. The lowest BCUT2D eigenvalue weighted by Crippen LogP contribution is -2.30. The van der Waals surface area contributed by atoms with Crippen molar-refractivity contribution < 1.29 is 15.1 Å². The van der Waals surface area contributed by atoms with Gasteiger partial charge in [-0.1, -0.05) is 29.8 Å². The van der Waals surface area contributed by atoms with Gasteiger partial charge in [-0.05, 0) is 12.0 Å². The Hall–Kier alpha value is -1.18. The van der Waals surface area contributed by atoms with Crippen molar-refractivity contribution in [2.24, 2.45) is 11.7 Å². The van der Waals surface area contributed by atoms with Crippen molar-refractivity contribution in [3.8, 4) is 5.75 Å². The van der Waals surface area contributed by atoms with E-state index in [1.165, 1.54) is 12.1 Å². The summed E-state index contributed by atoms with van der Waals surface area (Å²) in [6.45, 7) is 3.54. The largest absolute Gasteiger partial charge is 0.502 e. The number of halogens is 1. The van der Waals surface area contributed by atoms with Crippen LogP contribution in [-0.4, -0.2) is 21.2 Å². The Morgan fingerprint density at radius 1 is 1.44 bits per heavy atom. The molecule has 0 radical (unpaired) electrons. The van der Waals surface area contributed by atoms with E-state index in [4.69, 9.17) is 5.73 Å². The van der Waals surface area contributed by atoms with Crippen molar-refractivity contribution in [1.82, 2.24) is 0 Å². The first-order chi connectivity index (χ1) is 8.25. The van der Waals surface area contributed by atoms with Gasteiger partial charge in [0.1, 0.15) is 0 Å². The minimum absolute atomic E-state index is 0.127.